The molecule has 0 aromatic rings. The van der Waals surface area contributed by atoms with Crippen LogP contribution in [0.1, 0.15) is 44.9 Å². The molecule has 106 valence electrons. The lowest BCUT2D eigenvalue weighted by Gasteiger charge is -2.39. The predicted molar refractivity (Wildman–Crippen MR) is 73.6 cm³/mol. The number of hydrogen-bond donors (Lipinski definition) is 1. The van der Waals surface area contributed by atoms with E-state index in [1.807, 2.05) is 0 Å². The van der Waals surface area contributed by atoms with Crippen LogP contribution in [0.3, 0.4) is 0 Å². The highest BCUT2D eigenvalue weighted by molar-refractivity contribution is 4.84. The standard InChI is InChI=1S/C15H29NO2/c1-16(10-14-6-3-2-4-7-14)11-15(12-17)8-5-9-18-13-15/h14,17H,2-13H2,1H3. The van der Waals surface area contributed by atoms with Gasteiger partial charge in [0, 0.05) is 25.1 Å². The van der Waals surface area contributed by atoms with Gasteiger partial charge in [0.1, 0.15) is 0 Å². The number of aliphatic hydroxyl groups is 1. The highest BCUT2D eigenvalue weighted by atomic mass is 16.5. The fraction of sp³-hybridized carbons (Fsp3) is 1.00. The third-order valence-electron chi connectivity index (χ3n) is 4.64. The van der Waals surface area contributed by atoms with E-state index in [1.54, 1.807) is 0 Å². The second-order valence-electron chi connectivity index (χ2n) is 6.52. The van der Waals surface area contributed by atoms with Crippen LogP contribution in [0.25, 0.3) is 0 Å². The molecule has 1 saturated carbocycles. The predicted octanol–water partition coefficient (Wildman–Crippen LogP) is 2.29. The van der Waals surface area contributed by atoms with Gasteiger partial charge in [-0.3, -0.25) is 0 Å². The van der Waals surface area contributed by atoms with Crippen LogP contribution in [0.15, 0.2) is 0 Å². The van der Waals surface area contributed by atoms with Crippen molar-refractivity contribution >= 4 is 0 Å². The smallest absolute Gasteiger partial charge is 0.0556 e. The van der Waals surface area contributed by atoms with E-state index in [2.05, 4.69) is 11.9 Å². The molecule has 0 spiro atoms. The SMILES string of the molecule is CN(CC1CCCCC1)CC1(CO)CCCOC1. The largest absolute Gasteiger partial charge is 0.396 e. The van der Waals surface area contributed by atoms with Crippen LogP contribution >= 0.6 is 0 Å². The molecule has 1 saturated heterocycles. The lowest BCUT2D eigenvalue weighted by atomic mass is 9.82. The zero-order chi connectivity index (χ0) is 12.8. The van der Waals surface area contributed by atoms with Crippen LogP contribution in [-0.2, 0) is 4.74 Å². The van der Waals surface area contributed by atoms with Gasteiger partial charge in [-0.2, -0.15) is 0 Å². The van der Waals surface area contributed by atoms with Gasteiger partial charge < -0.3 is 14.7 Å². The molecular formula is C15H29NO2. The Morgan fingerprint density at radius 3 is 2.61 bits per heavy atom. The second kappa shape index (κ2) is 6.88. The third kappa shape index (κ3) is 3.94. The molecular weight excluding hydrogens is 226 g/mol. The van der Waals surface area contributed by atoms with Crippen LogP contribution < -0.4 is 0 Å². The van der Waals surface area contributed by atoms with Crippen molar-refractivity contribution in [1.82, 2.24) is 4.90 Å². The summed E-state index contributed by atoms with van der Waals surface area (Å²) in [5, 5.41) is 9.69. The maximum Gasteiger partial charge on any atom is 0.0556 e. The number of nitrogens with zero attached hydrogens (tertiary/aromatic N) is 1. The minimum absolute atomic E-state index is 0.00165. The van der Waals surface area contributed by atoms with Crippen molar-refractivity contribution in [2.24, 2.45) is 11.3 Å². The summed E-state index contributed by atoms with van der Waals surface area (Å²) in [6.45, 7) is 4.05. The first-order valence-electron chi connectivity index (χ1n) is 7.61. The van der Waals surface area contributed by atoms with E-state index in [-0.39, 0.29) is 12.0 Å². The summed E-state index contributed by atoms with van der Waals surface area (Å²) in [6, 6.07) is 0. The van der Waals surface area contributed by atoms with E-state index in [0.717, 1.165) is 38.5 Å². The number of ether oxygens (including phenoxy) is 1. The van der Waals surface area contributed by atoms with E-state index < -0.39 is 0 Å². The van der Waals surface area contributed by atoms with Crippen LogP contribution in [0.2, 0.25) is 0 Å². The molecule has 18 heavy (non-hydrogen) atoms. The number of hydrogen-bond acceptors (Lipinski definition) is 3. The minimum atomic E-state index is 0.00165. The number of aliphatic hydroxyl groups excluding tert-OH is 1. The van der Waals surface area contributed by atoms with Gasteiger partial charge in [-0.1, -0.05) is 19.3 Å². The fourth-order valence-corrected chi connectivity index (χ4v) is 3.66. The van der Waals surface area contributed by atoms with Gasteiger partial charge in [0.25, 0.3) is 0 Å². The summed E-state index contributed by atoms with van der Waals surface area (Å²) in [5.74, 6) is 0.879. The molecule has 2 fully saturated rings. The van der Waals surface area contributed by atoms with Gasteiger partial charge >= 0.3 is 0 Å². The van der Waals surface area contributed by atoms with E-state index in [4.69, 9.17) is 4.74 Å². The quantitative estimate of drug-likeness (QED) is 0.818. The van der Waals surface area contributed by atoms with Crippen LogP contribution in [0.4, 0.5) is 0 Å². The molecule has 1 N–H and O–H groups in total. The van der Waals surface area contributed by atoms with Gasteiger partial charge in [-0.25, -0.2) is 0 Å². The number of rotatable bonds is 5. The van der Waals surface area contributed by atoms with Crippen LogP contribution in [0.5, 0.6) is 0 Å². The lowest BCUT2D eigenvalue weighted by Crippen LogP contribution is -2.45. The second-order valence-corrected chi connectivity index (χ2v) is 6.52. The maximum atomic E-state index is 9.69. The molecule has 1 unspecified atom stereocenters. The van der Waals surface area contributed by atoms with Gasteiger partial charge in [-0.05, 0) is 38.6 Å². The van der Waals surface area contributed by atoms with Gasteiger partial charge in [0.2, 0.25) is 0 Å². The lowest BCUT2D eigenvalue weighted by molar-refractivity contribution is -0.0540. The zero-order valence-electron chi connectivity index (χ0n) is 11.9. The van der Waals surface area contributed by atoms with Gasteiger partial charge in [-0.15, -0.1) is 0 Å². The summed E-state index contributed by atoms with van der Waals surface area (Å²) in [6.07, 6.45) is 9.24. The average Bonchev–Trinajstić information content (AvgIpc) is 2.41. The van der Waals surface area contributed by atoms with Crippen molar-refractivity contribution in [1.29, 1.82) is 0 Å². The Morgan fingerprint density at radius 1 is 1.22 bits per heavy atom. The van der Waals surface area contributed by atoms with Crippen LogP contribution in [0, 0.1) is 11.3 Å². The normalized spacial score (nSPS) is 30.8. The Kier molecular flexibility index (Phi) is 5.46. The van der Waals surface area contributed by atoms with Gasteiger partial charge in [0.05, 0.1) is 13.2 Å². The highest BCUT2D eigenvalue weighted by Crippen LogP contribution is 2.30. The van der Waals surface area contributed by atoms with Crippen LogP contribution in [-0.4, -0.2) is 50.0 Å². The Balaban J connectivity index is 1.78. The minimum Gasteiger partial charge on any atom is -0.396 e. The molecule has 0 aromatic carbocycles. The highest BCUT2D eigenvalue weighted by Gasteiger charge is 2.33. The first kappa shape index (κ1) is 14.3. The van der Waals surface area contributed by atoms with Crippen molar-refractivity contribution in [3.05, 3.63) is 0 Å². The average molecular weight is 255 g/mol. The maximum absolute atomic E-state index is 9.69. The van der Waals surface area contributed by atoms with E-state index in [1.165, 1.54) is 38.6 Å². The first-order chi connectivity index (χ1) is 8.74. The van der Waals surface area contributed by atoms with Gasteiger partial charge in [0.15, 0.2) is 0 Å². The Bertz CT molecular complexity index is 233. The summed E-state index contributed by atoms with van der Waals surface area (Å²) in [7, 11) is 2.21. The van der Waals surface area contributed by atoms with E-state index >= 15 is 0 Å². The van der Waals surface area contributed by atoms with Crippen molar-refractivity contribution in [3.63, 3.8) is 0 Å². The Morgan fingerprint density at radius 2 is 2.00 bits per heavy atom. The van der Waals surface area contributed by atoms with Crippen molar-refractivity contribution in [2.45, 2.75) is 44.9 Å². The zero-order valence-corrected chi connectivity index (χ0v) is 11.9. The summed E-state index contributed by atoms with van der Waals surface area (Å²) < 4.78 is 5.58. The van der Waals surface area contributed by atoms with Crippen molar-refractivity contribution < 1.29 is 9.84 Å². The molecule has 3 nitrogen and oxygen atoms in total. The molecule has 1 atom stereocenters. The first-order valence-corrected chi connectivity index (χ1v) is 7.61. The fourth-order valence-electron chi connectivity index (χ4n) is 3.66. The third-order valence-corrected chi connectivity index (χ3v) is 4.64. The summed E-state index contributed by atoms with van der Waals surface area (Å²) in [4.78, 5) is 2.43. The molecule has 0 radical (unpaired) electrons. The summed E-state index contributed by atoms with van der Waals surface area (Å²) in [5.41, 5.74) is 0.00165. The molecule has 2 rings (SSSR count). The summed E-state index contributed by atoms with van der Waals surface area (Å²) >= 11 is 0. The van der Waals surface area contributed by atoms with E-state index in [9.17, 15) is 5.11 Å². The molecule has 3 heteroatoms. The monoisotopic (exact) mass is 255 g/mol. The van der Waals surface area contributed by atoms with Crippen molar-refractivity contribution in [3.8, 4) is 0 Å². The Labute approximate surface area is 112 Å². The molecule has 2 aliphatic rings. The molecule has 1 aliphatic carbocycles. The molecule has 1 heterocycles. The molecule has 0 aromatic heterocycles. The topological polar surface area (TPSA) is 32.7 Å². The molecule has 0 amide bonds. The van der Waals surface area contributed by atoms with Crippen molar-refractivity contribution in [2.75, 3.05) is 40.0 Å². The molecule has 0 bridgehead atoms. The Hall–Kier alpha value is -0.120. The van der Waals surface area contributed by atoms with E-state index in [0.29, 0.717) is 0 Å². The molecule has 1 aliphatic heterocycles.